The Morgan fingerprint density at radius 3 is 2.79 bits per heavy atom. The Hall–Kier alpha value is -1.88. The third kappa shape index (κ3) is 5.34. The number of hydrogen-bond acceptors (Lipinski definition) is 4. The summed E-state index contributed by atoms with van der Waals surface area (Å²) >= 11 is 0. The van der Waals surface area contributed by atoms with Crippen LogP contribution in [0.5, 0.6) is 0 Å². The molecule has 0 spiro atoms. The van der Waals surface area contributed by atoms with Crippen molar-refractivity contribution in [3.8, 4) is 0 Å². The molecule has 2 atom stereocenters. The third-order valence-corrected chi connectivity index (χ3v) is 4.48. The molecule has 0 bridgehead atoms. The summed E-state index contributed by atoms with van der Waals surface area (Å²) in [6.07, 6.45) is 2.13. The molecule has 1 amide bonds. The standard InChI is InChI=1S/C19H28N2O3/c1-3-24-19(23)17-10-7-13-21(14-17)18(22)11-12-20-15(2)16-8-5-4-6-9-16/h4-6,8-9,15,17,20H,3,7,10-14H2,1-2H3/t15-,17+/m0/s1. The van der Waals surface area contributed by atoms with Gasteiger partial charge in [0.25, 0.3) is 0 Å². The van der Waals surface area contributed by atoms with Crippen LogP contribution >= 0.6 is 0 Å². The first-order valence-electron chi connectivity index (χ1n) is 8.84. The van der Waals surface area contributed by atoms with E-state index in [1.807, 2.05) is 25.1 Å². The maximum absolute atomic E-state index is 12.4. The Morgan fingerprint density at radius 2 is 2.08 bits per heavy atom. The predicted molar refractivity (Wildman–Crippen MR) is 93.4 cm³/mol. The zero-order valence-corrected chi connectivity index (χ0v) is 14.7. The fourth-order valence-electron chi connectivity index (χ4n) is 3.07. The van der Waals surface area contributed by atoms with Crippen molar-refractivity contribution in [2.45, 2.75) is 39.2 Å². The second-order valence-electron chi connectivity index (χ2n) is 6.27. The minimum absolute atomic E-state index is 0.108. The predicted octanol–water partition coefficient (Wildman–Crippen LogP) is 2.53. The average molecular weight is 332 g/mol. The van der Waals surface area contributed by atoms with Crippen LogP contribution in [0, 0.1) is 5.92 Å². The van der Waals surface area contributed by atoms with E-state index in [-0.39, 0.29) is 23.8 Å². The first-order chi connectivity index (χ1) is 11.6. The van der Waals surface area contributed by atoms with Gasteiger partial charge in [-0.25, -0.2) is 0 Å². The van der Waals surface area contributed by atoms with Gasteiger partial charge in [0.1, 0.15) is 0 Å². The van der Waals surface area contributed by atoms with Gasteiger partial charge in [0.05, 0.1) is 12.5 Å². The first-order valence-corrected chi connectivity index (χ1v) is 8.84. The van der Waals surface area contributed by atoms with Gasteiger partial charge in [0.15, 0.2) is 0 Å². The van der Waals surface area contributed by atoms with Crippen molar-refractivity contribution in [3.05, 3.63) is 35.9 Å². The normalized spacial score (nSPS) is 18.9. The molecule has 1 fully saturated rings. The Labute approximate surface area is 144 Å². The second kappa shape index (κ2) is 9.42. The van der Waals surface area contributed by atoms with Crippen molar-refractivity contribution in [3.63, 3.8) is 0 Å². The fourth-order valence-corrected chi connectivity index (χ4v) is 3.07. The molecule has 0 unspecified atom stereocenters. The molecule has 1 aliphatic rings. The van der Waals surface area contributed by atoms with Gasteiger partial charge in [-0.2, -0.15) is 0 Å². The van der Waals surface area contributed by atoms with Gasteiger partial charge >= 0.3 is 5.97 Å². The molecule has 5 heteroatoms. The molecule has 5 nitrogen and oxygen atoms in total. The van der Waals surface area contributed by atoms with E-state index in [2.05, 4.69) is 24.4 Å². The lowest BCUT2D eigenvalue weighted by Crippen LogP contribution is -2.43. The lowest BCUT2D eigenvalue weighted by Gasteiger charge is -2.31. The van der Waals surface area contributed by atoms with Crippen molar-refractivity contribution in [2.24, 2.45) is 5.92 Å². The van der Waals surface area contributed by atoms with E-state index in [0.717, 1.165) is 19.4 Å². The number of hydrogen-bond donors (Lipinski definition) is 1. The molecule has 0 aliphatic carbocycles. The summed E-state index contributed by atoms with van der Waals surface area (Å²) in [7, 11) is 0. The smallest absolute Gasteiger partial charge is 0.310 e. The maximum atomic E-state index is 12.4. The maximum Gasteiger partial charge on any atom is 0.310 e. The zero-order valence-electron chi connectivity index (χ0n) is 14.7. The Morgan fingerprint density at radius 1 is 1.33 bits per heavy atom. The molecule has 0 saturated carbocycles. The molecule has 0 radical (unpaired) electrons. The summed E-state index contributed by atoms with van der Waals surface area (Å²) in [5, 5.41) is 3.38. The van der Waals surface area contributed by atoms with E-state index in [0.29, 0.717) is 26.1 Å². The molecule has 1 saturated heterocycles. The Balaban J connectivity index is 1.75. The minimum Gasteiger partial charge on any atom is -0.466 e. The Kier molecular flexibility index (Phi) is 7.25. The summed E-state index contributed by atoms with van der Waals surface area (Å²) in [4.78, 5) is 26.0. The molecule has 1 aromatic rings. The van der Waals surface area contributed by atoms with E-state index in [9.17, 15) is 9.59 Å². The topological polar surface area (TPSA) is 58.6 Å². The van der Waals surface area contributed by atoms with Crippen LogP contribution < -0.4 is 5.32 Å². The lowest BCUT2D eigenvalue weighted by molar-refractivity contribution is -0.151. The summed E-state index contributed by atoms with van der Waals surface area (Å²) in [6.45, 7) is 6.16. The van der Waals surface area contributed by atoms with Crippen LogP contribution in [-0.2, 0) is 14.3 Å². The van der Waals surface area contributed by atoms with Crippen LogP contribution in [-0.4, -0.2) is 43.0 Å². The number of benzene rings is 1. The van der Waals surface area contributed by atoms with Gasteiger partial charge < -0.3 is 15.0 Å². The zero-order chi connectivity index (χ0) is 17.4. The number of carbonyl (C=O) groups excluding carboxylic acids is 2. The molecule has 1 aromatic carbocycles. The molecular formula is C19H28N2O3. The number of piperidine rings is 1. The minimum atomic E-state index is -0.175. The van der Waals surface area contributed by atoms with E-state index >= 15 is 0 Å². The van der Waals surface area contributed by atoms with Crippen molar-refractivity contribution in [2.75, 3.05) is 26.2 Å². The molecule has 1 aliphatic heterocycles. The van der Waals surface area contributed by atoms with Crippen molar-refractivity contribution < 1.29 is 14.3 Å². The number of rotatable bonds is 7. The highest BCUT2D eigenvalue weighted by molar-refractivity contribution is 5.78. The fraction of sp³-hybridized carbons (Fsp3) is 0.579. The van der Waals surface area contributed by atoms with Crippen molar-refractivity contribution in [1.29, 1.82) is 0 Å². The van der Waals surface area contributed by atoms with Crippen molar-refractivity contribution in [1.82, 2.24) is 10.2 Å². The number of nitrogens with zero attached hydrogens (tertiary/aromatic N) is 1. The number of ether oxygens (including phenoxy) is 1. The average Bonchev–Trinajstić information content (AvgIpc) is 2.62. The molecule has 132 valence electrons. The van der Waals surface area contributed by atoms with Gasteiger partial charge in [0.2, 0.25) is 5.91 Å². The Bertz CT molecular complexity index is 533. The van der Waals surface area contributed by atoms with Crippen molar-refractivity contribution >= 4 is 11.9 Å². The third-order valence-electron chi connectivity index (χ3n) is 4.48. The van der Waals surface area contributed by atoms with Crippen LogP contribution in [0.2, 0.25) is 0 Å². The molecule has 2 rings (SSSR count). The summed E-state index contributed by atoms with van der Waals surface area (Å²) in [5.41, 5.74) is 1.21. The monoisotopic (exact) mass is 332 g/mol. The van der Waals surface area contributed by atoms with Gasteiger partial charge in [0, 0.05) is 32.1 Å². The molecule has 0 aromatic heterocycles. The van der Waals surface area contributed by atoms with Crippen LogP contribution in [0.4, 0.5) is 0 Å². The van der Waals surface area contributed by atoms with E-state index in [1.165, 1.54) is 5.56 Å². The van der Waals surface area contributed by atoms with Gasteiger partial charge in [-0.1, -0.05) is 30.3 Å². The van der Waals surface area contributed by atoms with E-state index in [1.54, 1.807) is 4.90 Å². The summed E-state index contributed by atoms with van der Waals surface area (Å²) < 4.78 is 5.08. The quantitative estimate of drug-likeness (QED) is 0.780. The molecule has 24 heavy (non-hydrogen) atoms. The van der Waals surface area contributed by atoms with Crippen LogP contribution in [0.1, 0.15) is 44.7 Å². The molecule has 1 heterocycles. The largest absolute Gasteiger partial charge is 0.466 e. The van der Waals surface area contributed by atoms with E-state index < -0.39 is 0 Å². The highest BCUT2D eigenvalue weighted by Crippen LogP contribution is 2.18. The van der Waals surface area contributed by atoms with Crippen LogP contribution in [0.3, 0.4) is 0 Å². The van der Waals surface area contributed by atoms with Gasteiger partial charge in [-0.15, -0.1) is 0 Å². The summed E-state index contributed by atoms with van der Waals surface area (Å²) in [5.74, 6) is -0.235. The highest BCUT2D eigenvalue weighted by atomic mass is 16.5. The molecular weight excluding hydrogens is 304 g/mol. The number of esters is 1. The molecule has 1 N–H and O–H groups in total. The SMILES string of the molecule is CCOC(=O)[C@@H]1CCCN(C(=O)CCN[C@@H](C)c2ccccc2)C1. The number of likely N-dealkylation sites (tertiary alicyclic amines) is 1. The number of carbonyl (C=O) groups is 2. The van der Waals surface area contributed by atoms with Gasteiger partial charge in [-0.3, -0.25) is 9.59 Å². The van der Waals surface area contributed by atoms with Gasteiger partial charge in [-0.05, 0) is 32.3 Å². The lowest BCUT2D eigenvalue weighted by atomic mass is 9.98. The highest BCUT2D eigenvalue weighted by Gasteiger charge is 2.29. The van der Waals surface area contributed by atoms with Crippen LogP contribution in [0.15, 0.2) is 30.3 Å². The number of amides is 1. The summed E-state index contributed by atoms with van der Waals surface area (Å²) in [6, 6.07) is 10.4. The first kappa shape index (κ1) is 18.5. The van der Waals surface area contributed by atoms with E-state index in [4.69, 9.17) is 4.74 Å². The second-order valence-corrected chi connectivity index (χ2v) is 6.27. The number of nitrogens with one attached hydrogen (secondary N) is 1. The van der Waals surface area contributed by atoms with Crippen LogP contribution in [0.25, 0.3) is 0 Å².